The van der Waals surface area contributed by atoms with Crippen molar-refractivity contribution < 1.29 is 4.79 Å². The Morgan fingerprint density at radius 2 is 2.33 bits per heavy atom. The molecule has 2 heterocycles. The van der Waals surface area contributed by atoms with Crippen molar-refractivity contribution in [3.05, 3.63) is 46.7 Å². The molecule has 2 rings (SSSR count). The highest BCUT2D eigenvalue weighted by Gasteiger charge is 2.14. The van der Waals surface area contributed by atoms with Crippen molar-refractivity contribution in [1.82, 2.24) is 20.2 Å². The Labute approximate surface area is 129 Å². The minimum atomic E-state index is 0.0388. The molecule has 6 heteroatoms. The van der Waals surface area contributed by atoms with Gasteiger partial charge in [-0.15, -0.1) is 11.3 Å². The van der Waals surface area contributed by atoms with Gasteiger partial charge in [0.1, 0.15) is 0 Å². The number of rotatable bonds is 7. The van der Waals surface area contributed by atoms with Crippen LogP contribution in [0.15, 0.2) is 36.1 Å². The van der Waals surface area contributed by atoms with Crippen molar-refractivity contribution >= 4 is 17.2 Å². The summed E-state index contributed by atoms with van der Waals surface area (Å²) in [6, 6.07) is 4.24. The third kappa shape index (κ3) is 5.24. The highest BCUT2D eigenvalue weighted by Crippen LogP contribution is 2.07. The lowest BCUT2D eigenvalue weighted by atomic mass is 10.1. The molecule has 1 atom stereocenters. The van der Waals surface area contributed by atoms with Gasteiger partial charge in [-0.25, -0.2) is 0 Å². The van der Waals surface area contributed by atoms with Crippen LogP contribution in [0.25, 0.3) is 0 Å². The Kier molecular flexibility index (Phi) is 5.83. The molecule has 0 spiro atoms. The van der Waals surface area contributed by atoms with Gasteiger partial charge in [0.15, 0.2) is 0 Å². The molecular weight excluding hydrogens is 284 g/mol. The van der Waals surface area contributed by atoms with Gasteiger partial charge in [0.2, 0.25) is 5.91 Å². The Morgan fingerprint density at radius 1 is 1.48 bits per heavy atom. The van der Waals surface area contributed by atoms with E-state index >= 15 is 0 Å². The Bertz CT molecular complexity index is 544. The number of hydrogen-bond acceptors (Lipinski definition) is 5. The maximum atomic E-state index is 11.9. The second kappa shape index (κ2) is 7.85. The molecule has 0 unspecified atom stereocenters. The molecule has 112 valence electrons. The fourth-order valence-electron chi connectivity index (χ4n) is 1.93. The number of aromatic nitrogens is 2. The maximum absolute atomic E-state index is 11.9. The lowest BCUT2D eigenvalue weighted by Crippen LogP contribution is -2.40. The Balaban J connectivity index is 1.74. The van der Waals surface area contributed by atoms with Gasteiger partial charge < -0.3 is 5.32 Å². The molecule has 2 aromatic rings. The molecule has 0 aliphatic rings. The minimum Gasteiger partial charge on any atom is -0.350 e. The lowest BCUT2D eigenvalue weighted by Gasteiger charge is -2.23. The summed E-state index contributed by atoms with van der Waals surface area (Å²) in [6.45, 7) is 3.07. The molecular formula is C15H20N4OS. The Hall–Kier alpha value is -1.79. The van der Waals surface area contributed by atoms with Crippen LogP contribution in [-0.4, -0.2) is 40.4 Å². The molecule has 0 bridgehead atoms. The molecule has 0 aliphatic heterocycles. The van der Waals surface area contributed by atoms with Gasteiger partial charge in [0.25, 0.3) is 0 Å². The molecule has 0 saturated carbocycles. The number of hydrogen-bond donors (Lipinski definition) is 1. The van der Waals surface area contributed by atoms with Crippen molar-refractivity contribution in [2.75, 3.05) is 13.6 Å². The average Bonchev–Trinajstić information content (AvgIpc) is 2.99. The van der Waals surface area contributed by atoms with Crippen LogP contribution in [-0.2, 0) is 17.8 Å². The number of likely N-dealkylation sites (N-methyl/N-ethyl adjacent to an activating group) is 1. The van der Waals surface area contributed by atoms with E-state index in [2.05, 4.69) is 22.2 Å². The fraction of sp³-hybridized carbons (Fsp3) is 0.400. The van der Waals surface area contributed by atoms with E-state index in [-0.39, 0.29) is 11.9 Å². The summed E-state index contributed by atoms with van der Waals surface area (Å²) in [6.07, 6.45) is 5.90. The number of nitrogens with one attached hydrogen (secondary N) is 1. The molecule has 1 N–H and O–H groups in total. The zero-order chi connectivity index (χ0) is 15.1. The third-order valence-corrected chi connectivity index (χ3v) is 4.18. The van der Waals surface area contributed by atoms with E-state index in [1.165, 1.54) is 4.88 Å². The topological polar surface area (TPSA) is 58.1 Å². The largest absolute Gasteiger partial charge is 0.350 e. The standard InChI is InChI=1S/C15H20N4OS/c1-12(8-13-9-16-5-6-17-13)19(2)11-15(20)18-10-14-4-3-7-21-14/h3-7,9,12H,8,10-11H2,1-2H3,(H,18,20)/t12-/m0/s1. The summed E-state index contributed by atoms with van der Waals surface area (Å²) in [5.74, 6) is 0.0388. The number of amides is 1. The van der Waals surface area contributed by atoms with Gasteiger partial charge in [-0.1, -0.05) is 6.07 Å². The van der Waals surface area contributed by atoms with Crippen molar-refractivity contribution in [1.29, 1.82) is 0 Å². The number of carbonyl (C=O) groups excluding carboxylic acids is 1. The van der Waals surface area contributed by atoms with Crippen LogP contribution >= 0.6 is 11.3 Å². The Morgan fingerprint density at radius 3 is 3.00 bits per heavy atom. The first-order chi connectivity index (χ1) is 10.1. The zero-order valence-corrected chi connectivity index (χ0v) is 13.1. The summed E-state index contributed by atoms with van der Waals surface area (Å²) in [7, 11) is 1.95. The van der Waals surface area contributed by atoms with Gasteiger partial charge in [-0.2, -0.15) is 0 Å². The zero-order valence-electron chi connectivity index (χ0n) is 12.3. The van der Waals surface area contributed by atoms with Crippen molar-refractivity contribution in [3.63, 3.8) is 0 Å². The van der Waals surface area contributed by atoms with Gasteiger partial charge in [0.05, 0.1) is 18.8 Å². The van der Waals surface area contributed by atoms with Crippen molar-refractivity contribution in [2.45, 2.75) is 25.9 Å². The van der Waals surface area contributed by atoms with Crippen LogP contribution in [0, 0.1) is 0 Å². The van der Waals surface area contributed by atoms with E-state index < -0.39 is 0 Å². The van der Waals surface area contributed by atoms with Gasteiger partial charge >= 0.3 is 0 Å². The van der Waals surface area contributed by atoms with Gasteiger partial charge in [0, 0.05) is 35.9 Å². The summed E-state index contributed by atoms with van der Waals surface area (Å²) in [5.41, 5.74) is 0.941. The van der Waals surface area contributed by atoms with Crippen LogP contribution in [0.3, 0.4) is 0 Å². The quantitative estimate of drug-likeness (QED) is 0.846. The van der Waals surface area contributed by atoms with E-state index in [9.17, 15) is 4.79 Å². The van der Waals surface area contributed by atoms with Crippen LogP contribution in [0.1, 0.15) is 17.5 Å². The summed E-state index contributed by atoms with van der Waals surface area (Å²) < 4.78 is 0. The number of thiophene rings is 1. The molecule has 21 heavy (non-hydrogen) atoms. The number of carbonyl (C=O) groups is 1. The first kappa shape index (κ1) is 15.6. The van der Waals surface area contributed by atoms with Crippen molar-refractivity contribution in [3.8, 4) is 0 Å². The highest BCUT2D eigenvalue weighted by molar-refractivity contribution is 7.09. The van der Waals surface area contributed by atoms with Gasteiger partial charge in [-0.3, -0.25) is 19.7 Å². The second-order valence-electron chi connectivity index (χ2n) is 5.02. The molecule has 0 radical (unpaired) electrons. The number of nitrogens with zero attached hydrogens (tertiary/aromatic N) is 3. The summed E-state index contributed by atoms with van der Waals surface area (Å²) in [5, 5.41) is 4.95. The van der Waals surface area contributed by atoms with Crippen LogP contribution in [0.5, 0.6) is 0 Å². The predicted molar refractivity (Wildman–Crippen MR) is 84.0 cm³/mol. The molecule has 1 amide bonds. The first-order valence-corrected chi connectivity index (χ1v) is 7.77. The molecule has 0 aromatic carbocycles. The average molecular weight is 304 g/mol. The smallest absolute Gasteiger partial charge is 0.234 e. The van der Waals surface area contributed by atoms with Crippen LogP contribution < -0.4 is 5.32 Å². The highest BCUT2D eigenvalue weighted by atomic mass is 32.1. The normalized spacial score (nSPS) is 12.3. The van der Waals surface area contributed by atoms with E-state index in [4.69, 9.17) is 0 Å². The van der Waals surface area contributed by atoms with E-state index in [0.29, 0.717) is 13.1 Å². The lowest BCUT2D eigenvalue weighted by molar-refractivity contribution is -0.122. The summed E-state index contributed by atoms with van der Waals surface area (Å²) in [4.78, 5) is 23.4. The predicted octanol–water partition coefficient (Wildman–Crippen LogP) is 1.72. The monoisotopic (exact) mass is 304 g/mol. The van der Waals surface area contributed by atoms with E-state index in [0.717, 1.165) is 12.1 Å². The van der Waals surface area contributed by atoms with E-state index in [1.807, 2.05) is 29.5 Å². The van der Waals surface area contributed by atoms with Crippen LogP contribution in [0.4, 0.5) is 0 Å². The minimum absolute atomic E-state index is 0.0388. The first-order valence-electron chi connectivity index (χ1n) is 6.89. The maximum Gasteiger partial charge on any atom is 0.234 e. The van der Waals surface area contributed by atoms with Gasteiger partial charge in [-0.05, 0) is 25.4 Å². The van der Waals surface area contributed by atoms with Crippen molar-refractivity contribution in [2.24, 2.45) is 0 Å². The summed E-state index contributed by atoms with van der Waals surface area (Å²) >= 11 is 1.65. The molecule has 2 aromatic heterocycles. The van der Waals surface area contributed by atoms with E-state index in [1.54, 1.807) is 29.9 Å². The third-order valence-electron chi connectivity index (χ3n) is 3.31. The molecule has 0 aliphatic carbocycles. The second-order valence-corrected chi connectivity index (χ2v) is 6.05. The SMILES string of the molecule is C[C@@H](Cc1cnccn1)N(C)CC(=O)NCc1cccs1. The fourth-order valence-corrected chi connectivity index (χ4v) is 2.58. The molecule has 0 fully saturated rings. The van der Waals surface area contributed by atoms with Crippen LogP contribution in [0.2, 0.25) is 0 Å². The molecule has 5 nitrogen and oxygen atoms in total. The molecule has 0 saturated heterocycles.